The van der Waals surface area contributed by atoms with Gasteiger partial charge in [0.1, 0.15) is 0 Å². The molecule has 0 aliphatic heterocycles. The molecular weight excluding hydrogens is 272 g/mol. The Hall–Kier alpha value is -2.70. The molecular formula is C14H16N4O3. The minimum Gasteiger partial charge on any atom is -0.467 e. The van der Waals surface area contributed by atoms with Crippen LogP contribution in [-0.2, 0) is 6.54 Å². The summed E-state index contributed by atoms with van der Waals surface area (Å²) in [7, 11) is 2.90. The van der Waals surface area contributed by atoms with E-state index in [0.29, 0.717) is 11.4 Å². The molecule has 1 aromatic heterocycles. The lowest BCUT2D eigenvalue weighted by Gasteiger charge is -2.07. The summed E-state index contributed by atoms with van der Waals surface area (Å²) in [6.07, 6.45) is 0. The summed E-state index contributed by atoms with van der Waals surface area (Å²) >= 11 is 0. The fraction of sp³-hybridized carbons (Fsp3) is 0.286. The second kappa shape index (κ2) is 6.65. The van der Waals surface area contributed by atoms with Gasteiger partial charge in [-0.2, -0.15) is 9.97 Å². The van der Waals surface area contributed by atoms with Crippen LogP contribution >= 0.6 is 0 Å². The molecule has 21 heavy (non-hydrogen) atoms. The molecule has 0 bridgehead atoms. The summed E-state index contributed by atoms with van der Waals surface area (Å²) in [6.45, 7) is 2.08. The fourth-order valence-corrected chi connectivity index (χ4v) is 1.69. The molecule has 7 heteroatoms. The number of carbonyl (C=O) groups excluding carboxylic acids is 1. The van der Waals surface area contributed by atoms with Crippen LogP contribution in [0.3, 0.4) is 0 Å². The van der Waals surface area contributed by atoms with Crippen molar-refractivity contribution in [1.29, 1.82) is 0 Å². The highest BCUT2D eigenvalue weighted by Crippen LogP contribution is 2.09. The zero-order valence-electron chi connectivity index (χ0n) is 12.1. The van der Waals surface area contributed by atoms with Crippen LogP contribution in [0.5, 0.6) is 12.0 Å². The topological polar surface area (TPSA) is 86.2 Å². The Labute approximate surface area is 122 Å². The molecule has 2 rings (SSSR count). The summed E-state index contributed by atoms with van der Waals surface area (Å²) < 4.78 is 9.90. The standard InChI is InChI=1S/C14H16N4O3/c1-9-5-4-6-10(7-9)12(19)15-8-11-16-13(20-2)18-14(17-11)21-3/h4-7H,8H2,1-3H3,(H,15,19). The molecule has 1 aromatic carbocycles. The second-order valence-corrected chi connectivity index (χ2v) is 4.28. The van der Waals surface area contributed by atoms with Crippen molar-refractivity contribution in [2.75, 3.05) is 14.2 Å². The normalized spacial score (nSPS) is 10.0. The molecule has 0 spiro atoms. The Bertz CT molecular complexity index is 624. The molecule has 1 amide bonds. The van der Waals surface area contributed by atoms with Gasteiger partial charge in [-0.3, -0.25) is 4.79 Å². The van der Waals surface area contributed by atoms with Crippen molar-refractivity contribution in [2.24, 2.45) is 0 Å². The molecule has 0 unspecified atom stereocenters. The van der Waals surface area contributed by atoms with Gasteiger partial charge in [0.25, 0.3) is 5.91 Å². The van der Waals surface area contributed by atoms with E-state index in [4.69, 9.17) is 9.47 Å². The molecule has 2 aromatic rings. The molecule has 1 heterocycles. The van der Waals surface area contributed by atoms with Gasteiger partial charge in [0.05, 0.1) is 20.8 Å². The SMILES string of the molecule is COc1nc(CNC(=O)c2cccc(C)c2)nc(OC)n1. The highest BCUT2D eigenvalue weighted by molar-refractivity contribution is 5.94. The van der Waals surface area contributed by atoms with Crippen molar-refractivity contribution < 1.29 is 14.3 Å². The molecule has 110 valence electrons. The zero-order chi connectivity index (χ0) is 15.2. The van der Waals surface area contributed by atoms with Gasteiger partial charge in [-0.25, -0.2) is 0 Å². The first kappa shape index (κ1) is 14.7. The van der Waals surface area contributed by atoms with Crippen LogP contribution in [0.15, 0.2) is 24.3 Å². The van der Waals surface area contributed by atoms with Gasteiger partial charge in [-0.1, -0.05) is 17.7 Å². The van der Waals surface area contributed by atoms with Crippen molar-refractivity contribution >= 4 is 5.91 Å². The Morgan fingerprint density at radius 2 is 1.81 bits per heavy atom. The maximum Gasteiger partial charge on any atom is 0.322 e. The van der Waals surface area contributed by atoms with E-state index in [9.17, 15) is 4.79 Å². The van der Waals surface area contributed by atoms with E-state index in [2.05, 4.69) is 20.3 Å². The number of amides is 1. The van der Waals surface area contributed by atoms with E-state index in [0.717, 1.165) is 5.56 Å². The lowest BCUT2D eigenvalue weighted by molar-refractivity contribution is 0.0949. The number of hydrogen-bond donors (Lipinski definition) is 1. The maximum absolute atomic E-state index is 12.0. The summed E-state index contributed by atoms with van der Waals surface area (Å²) in [6, 6.07) is 7.60. The van der Waals surface area contributed by atoms with Gasteiger partial charge in [0.15, 0.2) is 5.82 Å². The Kier molecular flexibility index (Phi) is 4.65. The molecule has 0 radical (unpaired) electrons. The number of hydrogen-bond acceptors (Lipinski definition) is 6. The van der Waals surface area contributed by atoms with Crippen LogP contribution in [0.4, 0.5) is 0 Å². The molecule has 0 aliphatic carbocycles. The average molecular weight is 288 g/mol. The number of aryl methyl sites for hydroxylation is 1. The maximum atomic E-state index is 12.0. The lowest BCUT2D eigenvalue weighted by Crippen LogP contribution is -2.24. The predicted octanol–water partition coefficient (Wildman–Crippen LogP) is 1.13. The number of ether oxygens (including phenoxy) is 2. The van der Waals surface area contributed by atoms with Crippen molar-refractivity contribution in [3.8, 4) is 12.0 Å². The largest absolute Gasteiger partial charge is 0.467 e. The number of nitrogens with zero attached hydrogens (tertiary/aromatic N) is 3. The first-order valence-corrected chi connectivity index (χ1v) is 6.30. The van der Waals surface area contributed by atoms with Crippen molar-refractivity contribution in [2.45, 2.75) is 13.5 Å². The van der Waals surface area contributed by atoms with Crippen molar-refractivity contribution in [1.82, 2.24) is 20.3 Å². The van der Waals surface area contributed by atoms with Crippen LogP contribution in [0, 0.1) is 6.92 Å². The van der Waals surface area contributed by atoms with E-state index in [-0.39, 0.29) is 24.5 Å². The third-order valence-corrected chi connectivity index (χ3v) is 2.69. The average Bonchev–Trinajstić information content (AvgIpc) is 2.52. The third-order valence-electron chi connectivity index (χ3n) is 2.69. The van der Waals surface area contributed by atoms with Gasteiger partial charge < -0.3 is 14.8 Å². The highest BCUT2D eigenvalue weighted by Gasteiger charge is 2.10. The van der Waals surface area contributed by atoms with E-state index >= 15 is 0 Å². The molecule has 7 nitrogen and oxygen atoms in total. The van der Waals surface area contributed by atoms with Gasteiger partial charge in [0.2, 0.25) is 0 Å². The summed E-state index contributed by atoms with van der Waals surface area (Å²) in [4.78, 5) is 24.0. The van der Waals surface area contributed by atoms with Crippen LogP contribution < -0.4 is 14.8 Å². The molecule has 0 fully saturated rings. The van der Waals surface area contributed by atoms with Gasteiger partial charge >= 0.3 is 12.0 Å². The summed E-state index contributed by atoms with van der Waals surface area (Å²) in [5, 5.41) is 2.74. The number of methoxy groups -OCH3 is 2. The second-order valence-electron chi connectivity index (χ2n) is 4.28. The number of rotatable bonds is 5. The van der Waals surface area contributed by atoms with Crippen LogP contribution in [0.25, 0.3) is 0 Å². The Morgan fingerprint density at radius 1 is 1.14 bits per heavy atom. The number of benzene rings is 1. The molecule has 0 atom stereocenters. The van der Waals surface area contributed by atoms with Crippen molar-refractivity contribution in [3.63, 3.8) is 0 Å². The van der Waals surface area contributed by atoms with E-state index in [1.165, 1.54) is 14.2 Å². The highest BCUT2D eigenvalue weighted by atomic mass is 16.5. The first-order chi connectivity index (χ1) is 10.1. The molecule has 1 N–H and O–H groups in total. The van der Waals surface area contributed by atoms with Gasteiger partial charge in [-0.15, -0.1) is 4.98 Å². The molecule has 0 saturated heterocycles. The lowest BCUT2D eigenvalue weighted by atomic mass is 10.1. The summed E-state index contributed by atoms with van der Waals surface area (Å²) in [5.41, 5.74) is 1.61. The Morgan fingerprint density at radius 3 is 2.38 bits per heavy atom. The van der Waals surface area contributed by atoms with Gasteiger partial charge in [-0.05, 0) is 19.1 Å². The van der Waals surface area contributed by atoms with E-state index in [1.807, 2.05) is 25.1 Å². The molecule has 0 saturated carbocycles. The Balaban J connectivity index is 2.07. The molecule has 0 aliphatic rings. The first-order valence-electron chi connectivity index (χ1n) is 6.30. The fourth-order valence-electron chi connectivity index (χ4n) is 1.69. The summed E-state index contributed by atoms with van der Waals surface area (Å²) in [5.74, 6) is 0.164. The number of aromatic nitrogens is 3. The van der Waals surface area contributed by atoms with Crippen LogP contribution in [-0.4, -0.2) is 35.1 Å². The smallest absolute Gasteiger partial charge is 0.322 e. The quantitative estimate of drug-likeness (QED) is 0.887. The predicted molar refractivity (Wildman–Crippen MR) is 75.3 cm³/mol. The third kappa shape index (κ3) is 3.88. The number of carbonyl (C=O) groups is 1. The van der Waals surface area contributed by atoms with Crippen LogP contribution in [0.1, 0.15) is 21.7 Å². The zero-order valence-corrected chi connectivity index (χ0v) is 12.1. The van der Waals surface area contributed by atoms with E-state index in [1.54, 1.807) is 6.07 Å². The van der Waals surface area contributed by atoms with Gasteiger partial charge in [0, 0.05) is 5.56 Å². The minimum absolute atomic E-state index is 0.140. The van der Waals surface area contributed by atoms with Crippen molar-refractivity contribution in [3.05, 3.63) is 41.2 Å². The number of nitrogens with one attached hydrogen (secondary N) is 1. The van der Waals surface area contributed by atoms with Crippen LogP contribution in [0.2, 0.25) is 0 Å². The van der Waals surface area contributed by atoms with E-state index < -0.39 is 0 Å². The minimum atomic E-state index is -0.197. The monoisotopic (exact) mass is 288 g/mol.